The van der Waals surface area contributed by atoms with Crippen molar-refractivity contribution in [2.75, 3.05) is 0 Å². The Kier molecular flexibility index (Phi) is 6.26. The number of hydrogen-bond acceptors (Lipinski definition) is 4. The van der Waals surface area contributed by atoms with Crippen molar-refractivity contribution in [2.24, 2.45) is 17.3 Å². The van der Waals surface area contributed by atoms with Crippen LogP contribution in [0, 0.1) is 28.6 Å². The normalized spacial score (nSPS) is 20.4. The van der Waals surface area contributed by atoms with E-state index in [0.717, 1.165) is 3.39 Å². The van der Waals surface area contributed by atoms with E-state index >= 15 is 0 Å². The van der Waals surface area contributed by atoms with Crippen LogP contribution >= 0.6 is 31.9 Å². The SMILES string of the molecule is CC1(C)[C@@H](C=C(Br)Br)[C@@H]1C(=O)O[C@@H](C#N)c1cccc(Oc2ccccc2)c1. The molecule has 4 nitrogen and oxygen atoms in total. The molecule has 0 heterocycles. The molecule has 0 amide bonds. The summed E-state index contributed by atoms with van der Waals surface area (Å²) in [5.74, 6) is 0.683. The number of allylic oxidation sites excluding steroid dienone is 1. The maximum absolute atomic E-state index is 12.7. The summed E-state index contributed by atoms with van der Waals surface area (Å²) in [6, 6.07) is 18.5. The van der Waals surface area contributed by atoms with Gasteiger partial charge in [0, 0.05) is 5.56 Å². The van der Waals surface area contributed by atoms with Crippen molar-refractivity contribution < 1.29 is 14.3 Å². The van der Waals surface area contributed by atoms with Gasteiger partial charge in [0.1, 0.15) is 17.6 Å². The quantitative estimate of drug-likeness (QED) is 0.422. The highest BCUT2D eigenvalue weighted by Gasteiger charge is 2.61. The number of hydrogen-bond donors (Lipinski definition) is 0. The van der Waals surface area contributed by atoms with Crippen LogP contribution in [0.3, 0.4) is 0 Å². The van der Waals surface area contributed by atoms with Crippen LogP contribution in [0.5, 0.6) is 11.5 Å². The summed E-state index contributed by atoms with van der Waals surface area (Å²) in [6.07, 6.45) is 0.960. The largest absolute Gasteiger partial charge is 0.457 e. The molecule has 0 aromatic heterocycles. The number of benzene rings is 2. The number of para-hydroxylation sites is 1. The molecule has 3 rings (SSSR count). The summed E-state index contributed by atoms with van der Waals surface area (Å²) < 4.78 is 12.2. The molecule has 1 saturated carbocycles. The van der Waals surface area contributed by atoms with Crippen molar-refractivity contribution in [3.8, 4) is 17.6 Å². The highest BCUT2D eigenvalue weighted by molar-refractivity contribution is 9.28. The molecule has 0 aliphatic heterocycles. The van der Waals surface area contributed by atoms with Crippen molar-refractivity contribution in [3.05, 3.63) is 69.6 Å². The Morgan fingerprint density at radius 2 is 1.82 bits per heavy atom. The lowest BCUT2D eigenvalue weighted by Gasteiger charge is -2.13. The maximum atomic E-state index is 12.7. The van der Waals surface area contributed by atoms with Crippen LogP contribution in [0.15, 0.2) is 64.1 Å². The van der Waals surface area contributed by atoms with Crippen molar-refractivity contribution in [2.45, 2.75) is 20.0 Å². The number of nitrogens with zero attached hydrogens (tertiary/aromatic N) is 1. The van der Waals surface area contributed by atoms with Crippen LogP contribution in [0.1, 0.15) is 25.5 Å². The molecule has 3 atom stereocenters. The number of esters is 1. The minimum absolute atomic E-state index is 0.0563. The number of carbonyl (C=O) groups excluding carboxylic acids is 1. The highest BCUT2D eigenvalue weighted by atomic mass is 79.9. The molecule has 0 radical (unpaired) electrons. The van der Waals surface area contributed by atoms with Crippen molar-refractivity contribution in [1.82, 2.24) is 0 Å². The Hall–Kier alpha value is -2.10. The lowest BCUT2D eigenvalue weighted by atomic mass is 10.1. The van der Waals surface area contributed by atoms with Gasteiger partial charge >= 0.3 is 5.97 Å². The molecule has 144 valence electrons. The lowest BCUT2D eigenvalue weighted by Crippen LogP contribution is -2.14. The van der Waals surface area contributed by atoms with Crippen molar-refractivity contribution in [3.63, 3.8) is 0 Å². The molecule has 1 fully saturated rings. The molecular weight excluding hydrogens is 486 g/mol. The van der Waals surface area contributed by atoms with Gasteiger partial charge in [-0.3, -0.25) is 4.79 Å². The fourth-order valence-corrected chi connectivity index (χ4v) is 3.87. The summed E-state index contributed by atoms with van der Waals surface area (Å²) in [7, 11) is 0. The topological polar surface area (TPSA) is 59.3 Å². The molecule has 1 aliphatic carbocycles. The average molecular weight is 505 g/mol. The van der Waals surface area contributed by atoms with Gasteiger partial charge in [-0.2, -0.15) is 5.26 Å². The highest BCUT2D eigenvalue weighted by Crippen LogP contribution is 2.60. The van der Waals surface area contributed by atoms with E-state index in [4.69, 9.17) is 9.47 Å². The second kappa shape index (κ2) is 8.50. The molecule has 2 aromatic rings. The molecule has 6 heteroatoms. The van der Waals surface area contributed by atoms with Crippen LogP contribution in [0.4, 0.5) is 0 Å². The van der Waals surface area contributed by atoms with Crippen LogP contribution < -0.4 is 4.74 Å². The van der Waals surface area contributed by atoms with Gasteiger partial charge < -0.3 is 9.47 Å². The van der Waals surface area contributed by atoms with Crippen molar-refractivity contribution >= 4 is 37.8 Å². The summed E-state index contributed by atoms with van der Waals surface area (Å²) in [6.45, 7) is 4.03. The predicted molar refractivity (Wildman–Crippen MR) is 114 cm³/mol. The summed E-state index contributed by atoms with van der Waals surface area (Å²) in [4.78, 5) is 12.7. The second-order valence-electron chi connectivity index (χ2n) is 7.21. The van der Waals surface area contributed by atoms with Gasteiger partial charge in [0.2, 0.25) is 6.10 Å². The first-order chi connectivity index (χ1) is 13.3. The molecule has 1 aliphatic rings. The lowest BCUT2D eigenvalue weighted by molar-refractivity contribution is -0.149. The minimum Gasteiger partial charge on any atom is -0.457 e. The zero-order chi connectivity index (χ0) is 20.3. The summed E-state index contributed by atoms with van der Waals surface area (Å²) >= 11 is 6.68. The third kappa shape index (κ3) is 4.65. The smallest absolute Gasteiger partial charge is 0.311 e. The van der Waals surface area contributed by atoms with E-state index in [-0.39, 0.29) is 23.2 Å². The van der Waals surface area contributed by atoms with Crippen LogP contribution in [-0.2, 0) is 9.53 Å². The van der Waals surface area contributed by atoms with Gasteiger partial charge in [-0.1, -0.05) is 50.3 Å². The molecular formula is C22H19Br2NO3. The monoisotopic (exact) mass is 503 g/mol. The Morgan fingerprint density at radius 3 is 2.46 bits per heavy atom. The van der Waals surface area contributed by atoms with Gasteiger partial charge in [0.15, 0.2) is 0 Å². The third-order valence-corrected chi connectivity index (χ3v) is 5.49. The van der Waals surface area contributed by atoms with Crippen LogP contribution in [0.2, 0.25) is 0 Å². The number of carbonyl (C=O) groups is 1. The molecule has 0 unspecified atom stereocenters. The van der Waals surface area contributed by atoms with Gasteiger partial charge in [0.25, 0.3) is 0 Å². The number of ether oxygens (including phenoxy) is 2. The summed E-state index contributed by atoms with van der Waals surface area (Å²) in [5, 5.41) is 9.56. The van der Waals surface area contributed by atoms with Gasteiger partial charge in [-0.15, -0.1) is 0 Å². The minimum atomic E-state index is -0.986. The van der Waals surface area contributed by atoms with Crippen LogP contribution in [0.25, 0.3) is 0 Å². The number of halogens is 2. The second-order valence-corrected chi connectivity index (χ2v) is 9.99. The Balaban J connectivity index is 1.72. The fourth-order valence-electron chi connectivity index (χ4n) is 3.30. The average Bonchev–Trinajstić information content (AvgIpc) is 3.20. The zero-order valence-corrected chi connectivity index (χ0v) is 18.6. The Morgan fingerprint density at radius 1 is 1.14 bits per heavy atom. The Labute approximate surface area is 181 Å². The van der Waals surface area contributed by atoms with E-state index in [2.05, 4.69) is 37.9 Å². The van der Waals surface area contributed by atoms with E-state index in [1.807, 2.05) is 50.3 Å². The van der Waals surface area contributed by atoms with Gasteiger partial charge in [-0.05, 0) is 67.5 Å². The molecule has 0 spiro atoms. The van der Waals surface area contributed by atoms with Gasteiger partial charge in [-0.25, -0.2) is 0 Å². The van der Waals surface area contributed by atoms with E-state index in [1.54, 1.807) is 24.3 Å². The van der Waals surface area contributed by atoms with E-state index in [9.17, 15) is 10.1 Å². The van der Waals surface area contributed by atoms with E-state index in [1.165, 1.54) is 0 Å². The number of nitriles is 1. The molecule has 2 aromatic carbocycles. The maximum Gasteiger partial charge on any atom is 0.311 e. The molecule has 28 heavy (non-hydrogen) atoms. The van der Waals surface area contributed by atoms with Gasteiger partial charge in [0.05, 0.1) is 9.31 Å². The molecule has 0 N–H and O–H groups in total. The first-order valence-electron chi connectivity index (χ1n) is 8.78. The molecule has 0 saturated heterocycles. The molecule has 0 bridgehead atoms. The third-order valence-electron chi connectivity index (χ3n) is 4.96. The predicted octanol–water partition coefficient (Wildman–Crippen LogP) is 6.49. The zero-order valence-electron chi connectivity index (χ0n) is 15.4. The number of rotatable bonds is 6. The first kappa shape index (κ1) is 20.6. The van der Waals surface area contributed by atoms with E-state index in [0.29, 0.717) is 17.1 Å². The van der Waals surface area contributed by atoms with Crippen LogP contribution in [-0.4, -0.2) is 5.97 Å². The first-order valence-corrected chi connectivity index (χ1v) is 10.4. The fraction of sp³-hybridized carbons (Fsp3) is 0.273. The Bertz CT molecular complexity index is 930. The standard InChI is InChI=1S/C22H19Br2NO3/c1-22(2)17(12-19(23)24)20(22)21(26)28-18(13-25)14-7-6-10-16(11-14)27-15-8-4-3-5-9-15/h3-12,17-18,20H,1-2H3/t17-,18-,20+/m0/s1. The summed E-state index contributed by atoms with van der Waals surface area (Å²) in [5.41, 5.74) is 0.374. The van der Waals surface area contributed by atoms with E-state index < -0.39 is 6.10 Å². The van der Waals surface area contributed by atoms with Crippen molar-refractivity contribution in [1.29, 1.82) is 5.26 Å².